The van der Waals surface area contributed by atoms with Crippen LogP contribution in [-0.2, 0) is 6.61 Å². The molecular weight excluding hydrogens is 338 g/mol. The fraction of sp³-hybridized carbons (Fsp3) is 0.0455. The maximum atomic E-state index is 12.3. The number of benzene rings is 3. The first-order chi connectivity index (χ1) is 13.2. The van der Waals surface area contributed by atoms with Gasteiger partial charge in [-0.15, -0.1) is 0 Å². The van der Waals surface area contributed by atoms with Crippen LogP contribution >= 0.6 is 0 Å². The molecule has 0 bridgehead atoms. The number of fused-ring (bicyclic) bond motifs is 1. The summed E-state index contributed by atoms with van der Waals surface area (Å²) < 4.78 is 5.84. The fourth-order valence-corrected chi connectivity index (χ4v) is 2.87. The van der Waals surface area contributed by atoms with Crippen LogP contribution in [0.2, 0.25) is 0 Å². The predicted octanol–water partition coefficient (Wildman–Crippen LogP) is 4.04. The van der Waals surface area contributed by atoms with Gasteiger partial charge in [0.1, 0.15) is 18.2 Å². The largest absolute Gasteiger partial charge is 0.489 e. The maximum Gasteiger partial charge on any atom is 0.259 e. The van der Waals surface area contributed by atoms with Gasteiger partial charge in [0.05, 0.1) is 22.5 Å². The zero-order valence-corrected chi connectivity index (χ0v) is 14.3. The van der Waals surface area contributed by atoms with Gasteiger partial charge in [-0.2, -0.15) is 5.26 Å². The average molecular weight is 353 g/mol. The Morgan fingerprint density at radius 1 is 1.00 bits per heavy atom. The van der Waals surface area contributed by atoms with Gasteiger partial charge in [0, 0.05) is 11.1 Å². The van der Waals surface area contributed by atoms with E-state index in [9.17, 15) is 10.1 Å². The van der Waals surface area contributed by atoms with Crippen LogP contribution in [-0.4, -0.2) is 9.97 Å². The second kappa shape index (κ2) is 7.14. The van der Waals surface area contributed by atoms with Crippen LogP contribution in [0.1, 0.15) is 11.1 Å². The number of ether oxygens (including phenoxy) is 1. The molecule has 1 N–H and O–H groups in total. The van der Waals surface area contributed by atoms with Crippen LogP contribution in [0.5, 0.6) is 5.75 Å². The summed E-state index contributed by atoms with van der Waals surface area (Å²) in [6.45, 7) is 0.287. The molecule has 0 aliphatic heterocycles. The molecule has 5 heteroatoms. The molecule has 4 aromatic rings. The molecule has 4 rings (SSSR count). The maximum absolute atomic E-state index is 12.3. The summed E-state index contributed by atoms with van der Waals surface area (Å²) in [4.78, 5) is 19.6. The molecule has 1 aromatic heterocycles. The minimum atomic E-state index is -0.176. The number of nitriles is 1. The highest BCUT2D eigenvalue weighted by atomic mass is 16.5. The van der Waals surface area contributed by atoms with Crippen LogP contribution in [0.4, 0.5) is 0 Å². The van der Waals surface area contributed by atoms with Crippen molar-refractivity contribution in [3.05, 3.63) is 94.3 Å². The van der Waals surface area contributed by atoms with Gasteiger partial charge >= 0.3 is 0 Å². The molecule has 0 saturated heterocycles. The number of nitrogens with zero attached hydrogens (tertiary/aromatic N) is 2. The van der Waals surface area contributed by atoms with Crippen molar-refractivity contribution in [3.63, 3.8) is 0 Å². The zero-order valence-electron chi connectivity index (χ0n) is 14.3. The van der Waals surface area contributed by atoms with E-state index in [-0.39, 0.29) is 12.2 Å². The Morgan fingerprint density at radius 3 is 2.70 bits per heavy atom. The summed E-state index contributed by atoms with van der Waals surface area (Å²) in [6, 6.07) is 24.1. The Labute approximate surface area is 155 Å². The standard InChI is InChI=1S/C22H15N3O2/c23-13-16-6-1-2-7-17(16)14-27-18-9-5-8-15(12-18)21-24-20-11-4-3-10-19(20)22(26)25-21/h1-12H,14H2,(H,24,25,26). The number of hydrogen-bond acceptors (Lipinski definition) is 4. The molecule has 0 spiro atoms. The lowest BCUT2D eigenvalue weighted by Gasteiger charge is -2.09. The Hall–Kier alpha value is -3.91. The molecule has 0 aliphatic carbocycles. The smallest absolute Gasteiger partial charge is 0.259 e. The number of rotatable bonds is 4. The van der Waals surface area contributed by atoms with Crippen molar-refractivity contribution in [2.24, 2.45) is 0 Å². The molecular formula is C22H15N3O2. The molecule has 5 nitrogen and oxygen atoms in total. The Kier molecular flexibility index (Phi) is 4.38. The molecule has 0 unspecified atom stereocenters. The highest BCUT2D eigenvalue weighted by molar-refractivity contribution is 5.79. The third kappa shape index (κ3) is 3.42. The molecule has 0 saturated carbocycles. The van der Waals surface area contributed by atoms with Gasteiger partial charge in [-0.3, -0.25) is 4.79 Å². The Bertz CT molecular complexity index is 1220. The minimum Gasteiger partial charge on any atom is -0.489 e. The third-order valence-corrected chi connectivity index (χ3v) is 4.25. The number of nitrogens with one attached hydrogen (secondary N) is 1. The van der Waals surface area contributed by atoms with Crippen molar-refractivity contribution in [1.82, 2.24) is 9.97 Å². The van der Waals surface area contributed by atoms with Gasteiger partial charge in [-0.1, -0.05) is 42.5 Å². The van der Waals surface area contributed by atoms with Crippen LogP contribution < -0.4 is 10.3 Å². The summed E-state index contributed by atoms with van der Waals surface area (Å²) in [6.07, 6.45) is 0. The lowest BCUT2D eigenvalue weighted by atomic mass is 10.1. The van der Waals surface area contributed by atoms with Crippen LogP contribution in [0, 0.1) is 11.3 Å². The SMILES string of the molecule is N#Cc1ccccc1COc1cccc(-c2nc3ccccc3c(=O)[nH]2)c1. The van der Waals surface area contributed by atoms with Crippen molar-refractivity contribution in [2.45, 2.75) is 6.61 Å². The molecule has 0 atom stereocenters. The van der Waals surface area contributed by atoms with Crippen LogP contribution in [0.15, 0.2) is 77.6 Å². The topological polar surface area (TPSA) is 78.8 Å². The minimum absolute atomic E-state index is 0.176. The summed E-state index contributed by atoms with van der Waals surface area (Å²) in [5.41, 5.74) is 2.64. The van der Waals surface area contributed by atoms with Gasteiger partial charge in [0.2, 0.25) is 0 Å². The number of aromatic nitrogens is 2. The highest BCUT2D eigenvalue weighted by Crippen LogP contribution is 2.22. The molecule has 3 aromatic carbocycles. The third-order valence-electron chi connectivity index (χ3n) is 4.25. The van der Waals surface area contributed by atoms with E-state index in [4.69, 9.17) is 4.74 Å². The van der Waals surface area contributed by atoms with Crippen LogP contribution in [0.25, 0.3) is 22.3 Å². The first kappa shape index (κ1) is 16.6. The lowest BCUT2D eigenvalue weighted by molar-refractivity contribution is 0.306. The first-order valence-corrected chi connectivity index (χ1v) is 8.45. The summed E-state index contributed by atoms with van der Waals surface area (Å²) in [5, 5.41) is 9.73. The zero-order chi connectivity index (χ0) is 18.6. The van der Waals surface area contributed by atoms with E-state index in [2.05, 4.69) is 16.0 Å². The van der Waals surface area contributed by atoms with Crippen molar-refractivity contribution >= 4 is 10.9 Å². The number of H-pyrrole nitrogens is 1. The molecule has 0 fully saturated rings. The van der Waals surface area contributed by atoms with Crippen LogP contribution in [0.3, 0.4) is 0 Å². The van der Waals surface area contributed by atoms with Crippen molar-refractivity contribution in [1.29, 1.82) is 5.26 Å². The first-order valence-electron chi connectivity index (χ1n) is 8.45. The second-order valence-electron chi connectivity index (χ2n) is 6.02. The van der Waals surface area contributed by atoms with E-state index in [1.807, 2.05) is 60.7 Å². The molecule has 0 amide bonds. The Balaban J connectivity index is 1.63. The number of para-hydroxylation sites is 1. The van der Waals surface area contributed by atoms with Crippen molar-refractivity contribution < 1.29 is 4.74 Å². The fourth-order valence-electron chi connectivity index (χ4n) is 2.87. The van der Waals surface area contributed by atoms with Crippen molar-refractivity contribution in [3.8, 4) is 23.2 Å². The molecule has 130 valence electrons. The van der Waals surface area contributed by atoms with E-state index in [0.29, 0.717) is 28.0 Å². The monoisotopic (exact) mass is 353 g/mol. The van der Waals surface area contributed by atoms with Crippen molar-refractivity contribution in [2.75, 3.05) is 0 Å². The lowest BCUT2D eigenvalue weighted by Crippen LogP contribution is -2.09. The highest BCUT2D eigenvalue weighted by Gasteiger charge is 2.07. The van der Waals surface area contributed by atoms with Gasteiger partial charge < -0.3 is 9.72 Å². The molecule has 0 aliphatic rings. The summed E-state index contributed by atoms with van der Waals surface area (Å²) in [5.74, 6) is 1.12. The van der Waals surface area contributed by atoms with E-state index < -0.39 is 0 Å². The van der Waals surface area contributed by atoms with E-state index in [1.54, 1.807) is 12.1 Å². The van der Waals surface area contributed by atoms with E-state index in [1.165, 1.54) is 0 Å². The summed E-state index contributed by atoms with van der Waals surface area (Å²) in [7, 11) is 0. The van der Waals surface area contributed by atoms with Gasteiger partial charge in [-0.25, -0.2) is 4.98 Å². The van der Waals surface area contributed by atoms with Gasteiger partial charge in [0.25, 0.3) is 5.56 Å². The number of aromatic amines is 1. The molecule has 27 heavy (non-hydrogen) atoms. The Morgan fingerprint density at radius 2 is 1.81 bits per heavy atom. The molecule has 0 radical (unpaired) electrons. The van der Waals surface area contributed by atoms with E-state index >= 15 is 0 Å². The normalized spacial score (nSPS) is 10.5. The quantitative estimate of drug-likeness (QED) is 0.600. The number of hydrogen-bond donors (Lipinski definition) is 1. The predicted molar refractivity (Wildman–Crippen MR) is 103 cm³/mol. The van der Waals surface area contributed by atoms with Gasteiger partial charge in [-0.05, 0) is 30.3 Å². The van der Waals surface area contributed by atoms with E-state index in [0.717, 1.165) is 11.1 Å². The molecule has 1 heterocycles. The average Bonchev–Trinajstić information content (AvgIpc) is 2.72. The summed E-state index contributed by atoms with van der Waals surface area (Å²) >= 11 is 0. The van der Waals surface area contributed by atoms with Gasteiger partial charge in [0.15, 0.2) is 0 Å². The second-order valence-corrected chi connectivity index (χ2v) is 6.02.